The first-order valence-corrected chi connectivity index (χ1v) is 9.40. The van der Waals surface area contributed by atoms with Crippen LogP contribution >= 0.6 is 36.2 Å². The number of nitrogens with zero attached hydrogens (tertiary/aromatic N) is 1. The van der Waals surface area contributed by atoms with Gasteiger partial charge in [-0.3, -0.25) is 14.6 Å². The Morgan fingerprint density at radius 2 is 1.96 bits per heavy atom. The maximum atomic E-state index is 12.4. The molecule has 0 aromatic carbocycles. The Labute approximate surface area is 175 Å². The lowest BCUT2D eigenvalue weighted by molar-refractivity contribution is 0.0955. The molecular weight excluding hydrogens is 407 g/mol. The van der Waals surface area contributed by atoms with Gasteiger partial charge in [0.2, 0.25) is 0 Å². The molecule has 3 heterocycles. The number of hydrogen-bond donors (Lipinski definition) is 3. The van der Waals surface area contributed by atoms with Crippen LogP contribution in [0, 0.1) is 5.92 Å². The second kappa shape index (κ2) is 11.9. The summed E-state index contributed by atoms with van der Waals surface area (Å²) in [5, 5.41) is 11.0. The SMILES string of the molecule is Cl.Cl.O=C(Nc1ccsc1C(=O)NCCC1CCCNC1)c1ccncc1. The predicted molar refractivity (Wildman–Crippen MR) is 114 cm³/mol. The lowest BCUT2D eigenvalue weighted by atomic mass is 9.96. The molecule has 9 heteroatoms. The number of aromatic nitrogens is 1. The zero-order valence-corrected chi connectivity index (χ0v) is 17.2. The fourth-order valence-corrected chi connectivity index (χ4v) is 3.69. The fraction of sp³-hybridized carbons (Fsp3) is 0.389. The Balaban J connectivity index is 0.00000182. The zero-order chi connectivity index (χ0) is 17.5. The first-order chi connectivity index (χ1) is 12.2. The average Bonchev–Trinajstić information content (AvgIpc) is 3.11. The molecule has 1 saturated heterocycles. The highest BCUT2D eigenvalue weighted by atomic mass is 35.5. The highest BCUT2D eigenvalue weighted by molar-refractivity contribution is 7.12. The Morgan fingerprint density at radius 1 is 1.19 bits per heavy atom. The summed E-state index contributed by atoms with van der Waals surface area (Å²) in [6, 6.07) is 5.03. The maximum absolute atomic E-state index is 12.4. The normalized spacial score (nSPS) is 15.8. The van der Waals surface area contributed by atoms with Crippen molar-refractivity contribution in [1.82, 2.24) is 15.6 Å². The molecule has 3 N–H and O–H groups in total. The molecule has 6 nitrogen and oxygen atoms in total. The van der Waals surface area contributed by atoms with E-state index in [1.807, 2.05) is 5.38 Å². The van der Waals surface area contributed by atoms with E-state index >= 15 is 0 Å². The van der Waals surface area contributed by atoms with Crippen molar-refractivity contribution in [3.05, 3.63) is 46.4 Å². The van der Waals surface area contributed by atoms with Crippen molar-refractivity contribution in [3.63, 3.8) is 0 Å². The van der Waals surface area contributed by atoms with Crippen LogP contribution in [0.1, 0.15) is 39.3 Å². The van der Waals surface area contributed by atoms with Crippen LogP contribution in [0.2, 0.25) is 0 Å². The molecule has 2 aromatic heterocycles. The summed E-state index contributed by atoms with van der Waals surface area (Å²) in [5.74, 6) is 0.246. The highest BCUT2D eigenvalue weighted by Crippen LogP contribution is 2.23. The van der Waals surface area contributed by atoms with E-state index in [1.54, 1.807) is 30.6 Å². The summed E-state index contributed by atoms with van der Waals surface area (Å²) < 4.78 is 0. The molecule has 1 unspecified atom stereocenters. The standard InChI is InChI=1S/C18H22N4O2S.2ClH/c23-17(14-4-8-19-9-5-14)22-15-6-11-25-16(15)18(24)21-10-3-13-2-1-7-20-12-13;;/h4-6,8-9,11,13,20H,1-3,7,10,12H2,(H,21,24)(H,22,23);2*1H. The zero-order valence-electron chi connectivity index (χ0n) is 14.8. The van der Waals surface area contributed by atoms with E-state index < -0.39 is 0 Å². The van der Waals surface area contributed by atoms with Gasteiger partial charge in [0.15, 0.2) is 0 Å². The Kier molecular flexibility index (Phi) is 10.3. The summed E-state index contributed by atoms with van der Waals surface area (Å²) in [4.78, 5) is 29.1. The van der Waals surface area contributed by atoms with Crippen LogP contribution in [-0.4, -0.2) is 36.4 Å². The first kappa shape index (κ1) is 23.4. The molecule has 3 rings (SSSR count). The molecule has 2 amide bonds. The van der Waals surface area contributed by atoms with Gasteiger partial charge in [-0.2, -0.15) is 0 Å². The minimum atomic E-state index is -0.247. The van der Waals surface area contributed by atoms with Gasteiger partial charge >= 0.3 is 0 Å². The number of carbonyl (C=O) groups excluding carboxylic acids is 2. The van der Waals surface area contributed by atoms with Crippen LogP contribution in [0.3, 0.4) is 0 Å². The van der Waals surface area contributed by atoms with Crippen LogP contribution in [-0.2, 0) is 0 Å². The van der Waals surface area contributed by atoms with Gasteiger partial charge in [-0.05, 0) is 61.8 Å². The van der Waals surface area contributed by atoms with Crippen molar-refractivity contribution in [2.75, 3.05) is 25.0 Å². The number of thiophene rings is 1. The summed E-state index contributed by atoms with van der Waals surface area (Å²) in [7, 11) is 0. The third-order valence-corrected chi connectivity index (χ3v) is 5.21. The smallest absolute Gasteiger partial charge is 0.263 e. The highest BCUT2D eigenvalue weighted by Gasteiger charge is 2.17. The lowest BCUT2D eigenvalue weighted by Gasteiger charge is -2.22. The molecule has 0 saturated carbocycles. The molecule has 27 heavy (non-hydrogen) atoms. The van der Waals surface area contributed by atoms with Crippen molar-refractivity contribution in [1.29, 1.82) is 0 Å². The molecule has 0 radical (unpaired) electrons. The minimum absolute atomic E-state index is 0. The number of amides is 2. The van der Waals surface area contributed by atoms with E-state index in [9.17, 15) is 9.59 Å². The largest absolute Gasteiger partial charge is 0.351 e. The van der Waals surface area contributed by atoms with Crippen LogP contribution < -0.4 is 16.0 Å². The van der Waals surface area contributed by atoms with E-state index in [-0.39, 0.29) is 36.6 Å². The third-order valence-electron chi connectivity index (χ3n) is 4.30. The quantitative estimate of drug-likeness (QED) is 0.655. The maximum Gasteiger partial charge on any atom is 0.263 e. The van der Waals surface area contributed by atoms with E-state index in [0.29, 0.717) is 28.6 Å². The van der Waals surface area contributed by atoms with Gasteiger partial charge in [0, 0.05) is 24.5 Å². The Morgan fingerprint density at radius 3 is 2.67 bits per heavy atom. The topological polar surface area (TPSA) is 83.1 Å². The van der Waals surface area contributed by atoms with Crippen molar-refractivity contribution in [3.8, 4) is 0 Å². The molecule has 1 fully saturated rings. The number of rotatable bonds is 6. The average molecular weight is 431 g/mol. The number of nitrogens with one attached hydrogen (secondary N) is 3. The van der Waals surface area contributed by atoms with Crippen molar-refractivity contribution < 1.29 is 9.59 Å². The molecular formula is C18H24Cl2N4O2S. The fourth-order valence-electron chi connectivity index (χ4n) is 2.92. The molecule has 0 bridgehead atoms. The van der Waals surface area contributed by atoms with Crippen LogP contribution in [0.4, 0.5) is 5.69 Å². The molecule has 0 aliphatic carbocycles. The Hall–Kier alpha value is -1.67. The lowest BCUT2D eigenvalue weighted by Crippen LogP contribution is -2.33. The van der Waals surface area contributed by atoms with Crippen LogP contribution in [0.25, 0.3) is 0 Å². The third kappa shape index (κ3) is 6.77. The first-order valence-electron chi connectivity index (χ1n) is 8.52. The summed E-state index contributed by atoms with van der Waals surface area (Å²) in [6.45, 7) is 2.78. The molecule has 1 aliphatic rings. The molecule has 2 aromatic rings. The number of pyridine rings is 1. The van der Waals surface area contributed by atoms with E-state index in [2.05, 4.69) is 20.9 Å². The summed E-state index contributed by atoms with van der Waals surface area (Å²) in [6.07, 6.45) is 6.53. The van der Waals surface area contributed by atoms with Gasteiger partial charge in [0.05, 0.1) is 5.69 Å². The molecule has 0 spiro atoms. The van der Waals surface area contributed by atoms with Gasteiger partial charge in [0.1, 0.15) is 4.88 Å². The number of halogens is 2. The number of anilines is 1. The van der Waals surface area contributed by atoms with Gasteiger partial charge in [0.25, 0.3) is 11.8 Å². The van der Waals surface area contributed by atoms with Gasteiger partial charge < -0.3 is 16.0 Å². The van der Waals surface area contributed by atoms with Crippen molar-refractivity contribution in [2.24, 2.45) is 5.92 Å². The van der Waals surface area contributed by atoms with E-state index in [0.717, 1.165) is 19.5 Å². The Bertz CT molecular complexity index is 721. The predicted octanol–water partition coefficient (Wildman–Crippen LogP) is 3.36. The second-order valence-electron chi connectivity index (χ2n) is 6.11. The number of carbonyl (C=O) groups is 2. The van der Waals surface area contributed by atoms with Crippen LogP contribution in [0.15, 0.2) is 36.0 Å². The second-order valence-corrected chi connectivity index (χ2v) is 7.03. The summed E-state index contributed by atoms with van der Waals surface area (Å²) >= 11 is 1.33. The monoisotopic (exact) mass is 430 g/mol. The van der Waals surface area contributed by atoms with Crippen molar-refractivity contribution in [2.45, 2.75) is 19.3 Å². The van der Waals surface area contributed by atoms with Gasteiger partial charge in [-0.1, -0.05) is 0 Å². The minimum Gasteiger partial charge on any atom is -0.351 e. The van der Waals surface area contributed by atoms with E-state index in [4.69, 9.17) is 0 Å². The van der Waals surface area contributed by atoms with Crippen molar-refractivity contribution >= 4 is 53.7 Å². The number of piperidine rings is 1. The molecule has 1 atom stereocenters. The summed E-state index contributed by atoms with van der Waals surface area (Å²) in [5.41, 5.74) is 1.06. The number of hydrogen-bond acceptors (Lipinski definition) is 5. The molecule has 1 aliphatic heterocycles. The van der Waals surface area contributed by atoms with Crippen LogP contribution in [0.5, 0.6) is 0 Å². The van der Waals surface area contributed by atoms with Gasteiger partial charge in [-0.15, -0.1) is 36.2 Å². The van der Waals surface area contributed by atoms with E-state index in [1.165, 1.54) is 24.2 Å². The molecule has 148 valence electrons. The van der Waals surface area contributed by atoms with Gasteiger partial charge in [-0.25, -0.2) is 0 Å².